The maximum absolute atomic E-state index is 12.9. The molecule has 6 aromatic carbocycles. The maximum atomic E-state index is 12.9. The zero-order chi connectivity index (χ0) is 55.9. The standard InChI is InChI=1S/C27H26IN3O3SSi.C16H12BNO2S.C13H18I2N2OSi.O.Pd/c1-36(2,3)14-13-34-17-30-24-16-20(11-12-23(24)25(28)29-30)35-19-8-6-7-18(15-19)31-26(32)21-9-4-5-10-22(21)27(31)33;19-15-13-6-1-2-7-14(13)16(20)18(15)11-4-3-5-12(10-11)21-17-8-9-17;1-19(2,3)7-6-18-9-17-12-8-10(14)4-5-11(12)13(15)16-17;;/h4-12,15-16H,13-14,17H2,1-3H3;1-7,10H,8-9H2;4-5,8H,6-7,9H2,1-3H3;;. The number of anilines is 2. The molecule has 1 fully saturated rings. The van der Waals surface area contributed by atoms with Crippen LogP contribution in [0.5, 0.6) is 0 Å². The zero-order valence-electron chi connectivity index (χ0n) is 43.7. The summed E-state index contributed by atoms with van der Waals surface area (Å²) in [6.45, 7) is 16.7. The molecule has 406 valence electrons. The van der Waals surface area contributed by atoms with Crippen molar-refractivity contribution in [3.05, 3.63) is 167 Å². The normalized spacial score (nSPS) is 13.8. The molecular weight excluding hydrogens is 1490 g/mol. The fourth-order valence-electron chi connectivity index (χ4n) is 8.28. The molecular formula is C56H56BI3N6O7PdS2Si2. The fourth-order valence-corrected chi connectivity index (χ4v) is 13.7. The number of carbonyl (C=O) groups is 4. The monoisotopic (exact) mass is 1540 g/mol. The number of nitrogens with zero attached hydrogens (tertiary/aromatic N) is 6. The number of hydrogen-bond acceptors (Lipinski definition) is 11. The van der Waals surface area contributed by atoms with Crippen molar-refractivity contribution in [2.24, 2.45) is 0 Å². The third kappa shape index (κ3) is 15.2. The number of halogens is 3. The van der Waals surface area contributed by atoms with Gasteiger partial charge in [0.2, 0.25) is 5.99 Å². The molecule has 78 heavy (non-hydrogen) atoms. The number of fused-ring (bicyclic) bond motifs is 4. The Hall–Kier alpha value is -3.69. The molecule has 0 saturated carbocycles. The molecule has 4 amide bonds. The number of aromatic nitrogens is 4. The SMILES string of the molecule is C[Si](C)(C)CCOCn1nc(I)c2ccc(I)cc21.C[Si](C)(C)CCOCn1nc(I)c2ccc(Sc3cccc(N4C(=O)c5ccccc5C4=O)c3)cc21.O=C1c2ccccc2C(=O)N1c1cccc(SB2CC2)c1.[O]=[Pd]. The van der Waals surface area contributed by atoms with Gasteiger partial charge in [-0.25, -0.2) is 19.2 Å². The Morgan fingerprint density at radius 3 is 1.38 bits per heavy atom. The third-order valence-corrected chi connectivity index (χ3v) is 20.6. The van der Waals surface area contributed by atoms with E-state index in [1.165, 1.54) is 56.6 Å². The van der Waals surface area contributed by atoms with Gasteiger partial charge in [0.15, 0.2) is 0 Å². The summed E-state index contributed by atoms with van der Waals surface area (Å²) in [6, 6.07) is 44.2. The van der Waals surface area contributed by atoms with E-state index in [-0.39, 0.29) is 23.6 Å². The van der Waals surface area contributed by atoms with Crippen LogP contribution in [0, 0.1) is 11.0 Å². The number of rotatable bonds is 16. The summed E-state index contributed by atoms with van der Waals surface area (Å²) in [6.07, 6.45) is 2.50. The van der Waals surface area contributed by atoms with Gasteiger partial charge < -0.3 is 9.47 Å². The summed E-state index contributed by atoms with van der Waals surface area (Å²) >= 11 is 11.8. The van der Waals surface area contributed by atoms with Crippen LogP contribution >= 0.6 is 91.1 Å². The molecule has 0 atom stereocenters. The van der Waals surface area contributed by atoms with Crippen molar-refractivity contribution in [3.8, 4) is 0 Å². The van der Waals surface area contributed by atoms with Crippen molar-refractivity contribution in [2.75, 3.05) is 23.0 Å². The first-order valence-electron chi connectivity index (χ1n) is 25.1. The number of amides is 4. The Balaban J connectivity index is 0.000000163. The second-order valence-electron chi connectivity index (χ2n) is 21.0. The van der Waals surface area contributed by atoms with Gasteiger partial charge in [-0.15, -0.1) is 0 Å². The molecule has 1 saturated heterocycles. The van der Waals surface area contributed by atoms with Gasteiger partial charge in [0, 0.05) is 53.5 Å². The predicted molar refractivity (Wildman–Crippen MR) is 340 cm³/mol. The van der Waals surface area contributed by atoms with Crippen molar-refractivity contribution >= 4 is 170 Å². The second-order valence-corrected chi connectivity index (χ2v) is 38.1. The minimum absolute atomic E-state index is 0.232. The Morgan fingerprint density at radius 1 is 0.526 bits per heavy atom. The Morgan fingerprint density at radius 2 is 0.936 bits per heavy atom. The Kier molecular flexibility index (Phi) is 20.9. The van der Waals surface area contributed by atoms with Crippen molar-refractivity contribution < 1.29 is 51.3 Å². The molecule has 0 unspecified atom stereocenters. The van der Waals surface area contributed by atoms with E-state index >= 15 is 0 Å². The molecule has 22 heteroatoms. The van der Waals surface area contributed by atoms with Crippen LogP contribution in [0.3, 0.4) is 0 Å². The first kappa shape index (κ1) is 60.4. The van der Waals surface area contributed by atoms with Crippen LogP contribution in [0.25, 0.3) is 21.8 Å². The van der Waals surface area contributed by atoms with Gasteiger partial charge in [-0.05, 0) is 182 Å². The first-order valence-corrected chi connectivity index (χ1v) is 38.1. The van der Waals surface area contributed by atoms with Crippen LogP contribution in [0.2, 0.25) is 64.0 Å². The van der Waals surface area contributed by atoms with Gasteiger partial charge in [-0.3, -0.25) is 19.2 Å². The number of benzene rings is 6. The summed E-state index contributed by atoms with van der Waals surface area (Å²) in [5.74, 6) is -0.339. The second kappa shape index (κ2) is 26.9. The van der Waals surface area contributed by atoms with Gasteiger partial charge in [0.05, 0.1) is 44.7 Å². The number of ether oxygens (including phenoxy) is 2. The minimum atomic E-state index is -1.14. The predicted octanol–water partition coefficient (Wildman–Crippen LogP) is 14.9. The molecule has 8 aromatic rings. The van der Waals surface area contributed by atoms with Crippen LogP contribution < -0.4 is 9.80 Å². The van der Waals surface area contributed by atoms with Crippen LogP contribution in [0.15, 0.2) is 148 Å². The van der Waals surface area contributed by atoms with Gasteiger partial charge in [-0.1, -0.05) is 100 Å². The number of carbonyl (C=O) groups excluding carboxylic acids is 4. The first-order chi connectivity index (χ1) is 37.3. The van der Waals surface area contributed by atoms with E-state index in [0.29, 0.717) is 53.1 Å². The molecule has 13 nitrogen and oxygen atoms in total. The summed E-state index contributed by atoms with van der Waals surface area (Å²) in [5, 5.41) is 11.5. The van der Waals surface area contributed by atoms with Gasteiger partial charge >= 0.3 is 22.6 Å². The number of hydrogen-bond donors (Lipinski definition) is 0. The van der Waals surface area contributed by atoms with E-state index in [9.17, 15) is 19.2 Å². The topological polar surface area (TPSA) is 146 Å². The van der Waals surface area contributed by atoms with Crippen molar-refractivity contribution in [2.45, 2.75) is 92.2 Å². The molecule has 2 aromatic heterocycles. The van der Waals surface area contributed by atoms with Crippen LogP contribution in [-0.2, 0) is 45.6 Å². The van der Waals surface area contributed by atoms with E-state index in [0.717, 1.165) is 57.8 Å². The average molecular weight is 1540 g/mol. The van der Waals surface area contributed by atoms with Crippen LogP contribution in [0.4, 0.5) is 11.4 Å². The van der Waals surface area contributed by atoms with E-state index in [1.54, 1.807) is 66.4 Å². The molecule has 3 aliphatic heterocycles. The molecule has 0 bridgehead atoms. The van der Waals surface area contributed by atoms with Crippen LogP contribution in [-0.4, -0.2) is 78.5 Å². The number of imide groups is 2. The molecule has 0 spiro atoms. The zero-order valence-corrected chi connectivity index (χ0v) is 55.4. The molecule has 3 aliphatic rings. The van der Waals surface area contributed by atoms with E-state index in [4.69, 9.17) is 12.9 Å². The summed E-state index contributed by atoms with van der Waals surface area (Å²) in [4.78, 5) is 56.3. The van der Waals surface area contributed by atoms with Gasteiger partial charge in [0.25, 0.3) is 23.6 Å². The van der Waals surface area contributed by atoms with E-state index in [1.807, 2.05) is 63.4 Å². The molecule has 0 aliphatic carbocycles. The Bertz CT molecular complexity index is 3470. The van der Waals surface area contributed by atoms with E-state index < -0.39 is 16.1 Å². The average Bonchev–Trinajstić information content (AvgIpc) is 4.08. The summed E-state index contributed by atoms with van der Waals surface area (Å²) in [7, 11) is -2.15. The summed E-state index contributed by atoms with van der Waals surface area (Å²) < 4.78 is 26.9. The van der Waals surface area contributed by atoms with Gasteiger partial charge in [0.1, 0.15) is 20.9 Å². The van der Waals surface area contributed by atoms with Crippen molar-refractivity contribution in [1.82, 2.24) is 19.6 Å². The summed E-state index contributed by atoms with van der Waals surface area (Å²) in [5.41, 5.74) is 5.28. The molecule has 0 N–H and O–H groups in total. The Labute approximate surface area is 517 Å². The van der Waals surface area contributed by atoms with Crippen LogP contribution in [0.1, 0.15) is 41.4 Å². The third-order valence-electron chi connectivity index (χ3n) is 12.6. The van der Waals surface area contributed by atoms with Gasteiger partial charge in [-0.2, -0.15) is 21.8 Å². The molecule has 11 rings (SSSR count). The van der Waals surface area contributed by atoms with E-state index in [2.05, 4.69) is 154 Å². The quantitative estimate of drug-likeness (QED) is 0.0394. The van der Waals surface area contributed by atoms with Crippen molar-refractivity contribution in [1.29, 1.82) is 0 Å². The molecule has 5 heterocycles. The fraction of sp³-hybridized carbons (Fsp3) is 0.250. The van der Waals surface area contributed by atoms with Crippen molar-refractivity contribution in [3.63, 3.8) is 0 Å². The molecule has 0 radical (unpaired) electrons.